The van der Waals surface area contributed by atoms with Crippen LogP contribution in [0.25, 0.3) is 0 Å². The Morgan fingerprint density at radius 1 is 1.27 bits per heavy atom. The van der Waals surface area contributed by atoms with E-state index in [9.17, 15) is 4.39 Å². The molecule has 1 aliphatic rings. The van der Waals surface area contributed by atoms with Crippen molar-refractivity contribution in [3.63, 3.8) is 0 Å². The average Bonchev–Trinajstić information content (AvgIpc) is 2.69. The number of ether oxygens (including phenoxy) is 1. The van der Waals surface area contributed by atoms with E-state index in [0.717, 1.165) is 0 Å². The highest BCUT2D eigenvalue weighted by molar-refractivity contribution is 5.23. The van der Waals surface area contributed by atoms with Crippen LogP contribution in [0, 0.1) is 5.82 Å². The zero-order valence-corrected chi connectivity index (χ0v) is 8.06. The molecule has 0 fully saturated rings. The van der Waals surface area contributed by atoms with Gasteiger partial charge >= 0.3 is 0 Å². The summed E-state index contributed by atoms with van der Waals surface area (Å²) in [7, 11) is 0. The maximum atomic E-state index is 12.6. The zero-order chi connectivity index (χ0) is 10.7. The van der Waals surface area contributed by atoms with Crippen LogP contribution in [0.2, 0.25) is 0 Å². The summed E-state index contributed by atoms with van der Waals surface area (Å²) in [6.45, 7) is 0. The monoisotopic (exact) mass is 209 g/mol. The fourth-order valence-corrected chi connectivity index (χ4v) is 1.54. The van der Waals surface area contributed by atoms with Crippen LogP contribution in [0.15, 0.2) is 36.4 Å². The van der Waals surface area contributed by atoms with E-state index in [0.29, 0.717) is 12.2 Å². The minimum absolute atomic E-state index is 0.0598. The van der Waals surface area contributed by atoms with Crippen molar-refractivity contribution in [3.8, 4) is 5.75 Å². The lowest BCUT2D eigenvalue weighted by Crippen LogP contribution is -2.24. The van der Waals surface area contributed by atoms with Crippen molar-refractivity contribution in [2.75, 3.05) is 0 Å². The first-order valence-corrected chi connectivity index (χ1v) is 4.78. The molecule has 1 aromatic rings. The van der Waals surface area contributed by atoms with E-state index in [4.69, 9.17) is 9.94 Å². The molecular weight excluding hydrogens is 197 g/mol. The Morgan fingerprint density at radius 2 is 2.00 bits per heavy atom. The first-order valence-electron chi connectivity index (χ1n) is 4.78. The van der Waals surface area contributed by atoms with Gasteiger partial charge in [-0.05, 0) is 30.3 Å². The molecular formula is C11H12FNO2. The second-order valence-electron chi connectivity index (χ2n) is 3.47. The van der Waals surface area contributed by atoms with Crippen LogP contribution in [-0.4, -0.2) is 17.4 Å². The van der Waals surface area contributed by atoms with Gasteiger partial charge in [-0.25, -0.2) is 4.39 Å². The van der Waals surface area contributed by atoms with Gasteiger partial charge in [-0.1, -0.05) is 6.08 Å². The third kappa shape index (κ3) is 2.55. The molecule has 0 aromatic heterocycles. The first kappa shape index (κ1) is 10.1. The third-order valence-corrected chi connectivity index (χ3v) is 2.31. The van der Waals surface area contributed by atoms with E-state index in [1.165, 1.54) is 12.1 Å². The van der Waals surface area contributed by atoms with E-state index in [1.54, 1.807) is 12.1 Å². The van der Waals surface area contributed by atoms with Gasteiger partial charge in [0.2, 0.25) is 0 Å². The molecule has 0 aliphatic heterocycles. The van der Waals surface area contributed by atoms with Crippen molar-refractivity contribution < 1.29 is 14.3 Å². The number of hydrogen-bond acceptors (Lipinski definition) is 3. The molecule has 2 rings (SSSR count). The van der Waals surface area contributed by atoms with Gasteiger partial charge in [0.15, 0.2) is 0 Å². The molecule has 0 saturated heterocycles. The first-order chi connectivity index (χ1) is 7.28. The molecule has 15 heavy (non-hydrogen) atoms. The minimum Gasteiger partial charge on any atom is -0.486 e. The molecule has 1 aliphatic carbocycles. The topological polar surface area (TPSA) is 41.5 Å². The number of nitrogens with one attached hydrogen (secondary N) is 1. The smallest absolute Gasteiger partial charge is 0.123 e. The maximum absolute atomic E-state index is 12.6. The van der Waals surface area contributed by atoms with Crippen LogP contribution >= 0.6 is 0 Å². The quantitative estimate of drug-likeness (QED) is 0.590. The molecule has 0 unspecified atom stereocenters. The Labute approximate surface area is 87.1 Å². The molecule has 0 bridgehead atoms. The number of benzene rings is 1. The van der Waals surface area contributed by atoms with Crippen LogP contribution in [0.3, 0.4) is 0 Å². The van der Waals surface area contributed by atoms with Crippen LogP contribution in [-0.2, 0) is 0 Å². The molecule has 0 saturated carbocycles. The largest absolute Gasteiger partial charge is 0.486 e. The zero-order valence-electron chi connectivity index (χ0n) is 8.06. The number of hydroxylamine groups is 1. The van der Waals surface area contributed by atoms with E-state index in [2.05, 4.69) is 5.48 Å². The van der Waals surface area contributed by atoms with Gasteiger partial charge in [0, 0.05) is 6.42 Å². The normalized spacial score (nSPS) is 24.4. The summed E-state index contributed by atoms with van der Waals surface area (Å²) in [5.41, 5.74) is 2.16. The molecule has 1 aromatic carbocycles. The van der Waals surface area contributed by atoms with Gasteiger partial charge in [-0.3, -0.25) is 0 Å². The van der Waals surface area contributed by atoms with Gasteiger partial charge in [-0.2, -0.15) is 5.48 Å². The summed E-state index contributed by atoms with van der Waals surface area (Å²) in [6.07, 6.45) is 4.32. The fraction of sp³-hybridized carbons (Fsp3) is 0.273. The highest BCUT2D eigenvalue weighted by Gasteiger charge is 2.19. The lowest BCUT2D eigenvalue weighted by molar-refractivity contribution is 0.128. The molecule has 0 radical (unpaired) electrons. The standard InChI is InChI=1S/C11H12FNO2/c12-8-1-4-10(5-2-8)15-11-6-3-9(7-11)13-14/h1-6,9,11,13-14H,7H2/t9-,11-/m0/s1. The number of rotatable bonds is 3. The highest BCUT2D eigenvalue weighted by atomic mass is 19.1. The SMILES string of the molecule is ON[C@H]1C=C[C@H](Oc2ccc(F)cc2)C1. The van der Waals surface area contributed by atoms with E-state index >= 15 is 0 Å². The summed E-state index contributed by atoms with van der Waals surface area (Å²) < 4.78 is 18.2. The fourth-order valence-electron chi connectivity index (χ4n) is 1.54. The summed E-state index contributed by atoms with van der Waals surface area (Å²) >= 11 is 0. The van der Waals surface area contributed by atoms with Crippen molar-refractivity contribution in [1.82, 2.24) is 5.48 Å². The molecule has 80 valence electrons. The lowest BCUT2D eigenvalue weighted by atomic mass is 10.2. The molecule has 3 nitrogen and oxygen atoms in total. The number of hydrogen-bond donors (Lipinski definition) is 2. The minimum atomic E-state index is -0.279. The van der Waals surface area contributed by atoms with Crippen molar-refractivity contribution in [3.05, 3.63) is 42.2 Å². The predicted molar refractivity (Wildman–Crippen MR) is 53.3 cm³/mol. The van der Waals surface area contributed by atoms with Crippen molar-refractivity contribution in [1.29, 1.82) is 0 Å². The van der Waals surface area contributed by atoms with Crippen LogP contribution in [0.4, 0.5) is 4.39 Å². The van der Waals surface area contributed by atoms with Gasteiger partial charge in [0.25, 0.3) is 0 Å². The Bertz CT molecular complexity index is 350. The molecule has 0 heterocycles. The summed E-state index contributed by atoms with van der Waals surface area (Å²) in [4.78, 5) is 0. The van der Waals surface area contributed by atoms with E-state index < -0.39 is 0 Å². The Hall–Kier alpha value is -1.39. The second-order valence-corrected chi connectivity index (χ2v) is 3.47. The Balaban J connectivity index is 1.93. The van der Waals surface area contributed by atoms with Crippen molar-refractivity contribution in [2.45, 2.75) is 18.6 Å². The molecule has 2 atom stereocenters. The van der Waals surface area contributed by atoms with Gasteiger partial charge < -0.3 is 9.94 Å². The third-order valence-electron chi connectivity index (χ3n) is 2.31. The van der Waals surface area contributed by atoms with Gasteiger partial charge in [0.05, 0.1) is 6.04 Å². The molecule has 0 spiro atoms. The summed E-state index contributed by atoms with van der Waals surface area (Å²) in [6, 6.07) is 5.83. The van der Waals surface area contributed by atoms with Gasteiger partial charge in [0.1, 0.15) is 17.7 Å². The second kappa shape index (κ2) is 4.42. The maximum Gasteiger partial charge on any atom is 0.123 e. The van der Waals surface area contributed by atoms with Crippen molar-refractivity contribution >= 4 is 0 Å². The van der Waals surface area contributed by atoms with Crippen LogP contribution in [0.5, 0.6) is 5.75 Å². The summed E-state index contributed by atoms with van der Waals surface area (Å²) in [5, 5.41) is 8.68. The van der Waals surface area contributed by atoms with Crippen LogP contribution < -0.4 is 10.2 Å². The predicted octanol–water partition coefficient (Wildman–Crippen LogP) is 1.88. The Kier molecular flexibility index (Phi) is 2.99. The molecule has 0 amide bonds. The van der Waals surface area contributed by atoms with E-state index in [-0.39, 0.29) is 18.0 Å². The van der Waals surface area contributed by atoms with Crippen LogP contribution in [0.1, 0.15) is 6.42 Å². The molecule has 4 heteroatoms. The van der Waals surface area contributed by atoms with Gasteiger partial charge in [-0.15, -0.1) is 0 Å². The van der Waals surface area contributed by atoms with Crippen molar-refractivity contribution in [2.24, 2.45) is 0 Å². The lowest BCUT2D eigenvalue weighted by Gasteiger charge is -2.13. The summed E-state index contributed by atoms with van der Waals surface area (Å²) in [5.74, 6) is 0.351. The van der Waals surface area contributed by atoms with E-state index in [1.807, 2.05) is 12.2 Å². The Morgan fingerprint density at radius 3 is 2.60 bits per heavy atom. The number of halogens is 1. The average molecular weight is 209 g/mol. The molecule has 2 N–H and O–H groups in total. The highest BCUT2D eigenvalue weighted by Crippen LogP contribution is 2.19.